The molecule has 0 unspecified atom stereocenters. The van der Waals surface area contributed by atoms with E-state index in [1.807, 2.05) is 36.4 Å². The molecule has 0 aliphatic heterocycles. The van der Waals surface area contributed by atoms with E-state index in [0.717, 1.165) is 11.1 Å². The number of methoxy groups -OCH3 is 3. The number of hydrogen-bond acceptors (Lipinski definition) is 5. The summed E-state index contributed by atoms with van der Waals surface area (Å²) in [6, 6.07) is 10.7. The van der Waals surface area contributed by atoms with E-state index < -0.39 is 7.12 Å². The van der Waals surface area contributed by atoms with Crippen molar-refractivity contribution in [3.63, 3.8) is 0 Å². The van der Waals surface area contributed by atoms with Crippen molar-refractivity contribution in [1.82, 2.24) is 0 Å². The van der Waals surface area contributed by atoms with Crippen LogP contribution in [0.1, 0.15) is 11.1 Å². The highest BCUT2D eigenvalue weighted by Gasteiger charge is 2.12. The molecule has 2 aromatic carbocycles. The Morgan fingerprint density at radius 2 is 1.30 bits per heavy atom. The summed E-state index contributed by atoms with van der Waals surface area (Å²) < 4.78 is 15.9. The molecule has 2 N–H and O–H groups in total. The lowest BCUT2D eigenvalue weighted by Gasteiger charge is -2.12. The van der Waals surface area contributed by atoms with Crippen molar-refractivity contribution in [2.75, 3.05) is 21.3 Å². The summed E-state index contributed by atoms with van der Waals surface area (Å²) in [5.41, 5.74) is 2.28. The minimum absolute atomic E-state index is 0.454. The van der Waals surface area contributed by atoms with Gasteiger partial charge in [0.15, 0.2) is 11.5 Å². The van der Waals surface area contributed by atoms with E-state index in [0.29, 0.717) is 22.7 Å². The Kier molecular flexibility index (Phi) is 5.68. The molecule has 23 heavy (non-hydrogen) atoms. The van der Waals surface area contributed by atoms with Crippen LogP contribution in [0.5, 0.6) is 17.2 Å². The molecule has 0 saturated carbocycles. The van der Waals surface area contributed by atoms with Gasteiger partial charge in [-0.25, -0.2) is 0 Å². The van der Waals surface area contributed by atoms with Crippen molar-refractivity contribution in [3.8, 4) is 17.2 Å². The monoisotopic (exact) mass is 314 g/mol. The molecule has 0 spiro atoms. The fraction of sp³-hybridized carbons (Fsp3) is 0.176. The highest BCUT2D eigenvalue weighted by atomic mass is 16.5. The first-order valence-electron chi connectivity index (χ1n) is 7.03. The second-order valence-electron chi connectivity index (χ2n) is 4.83. The average molecular weight is 314 g/mol. The standard InChI is InChI=1S/C17H19BO5/c1-21-15-10-13(11-16(22-2)17(15)23-3)5-4-12-6-8-14(9-7-12)18(19)20/h4-11,19-20H,1-3H3/b5-4-. The summed E-state index contributed by atoms with van der Waals surface area (Å²) in [5.74, 6) is 1.73. The van der Waals surface area contributed by atoms with Crippen molar-refractivity contribution in [3.05, 3.63) is 47.5 Å². The van der Waals surface area contributed by atoms with Gasteiger partial charge in [-0.15, -0.1) is 0 Å². The van der Waals surface area contributed by atoms with Crippen LogP contribution in [0, 0.1) is 0 Å². The van der Waals surface area contributed by atoms with Crippen molar-refractivity contribution >= 4 is 24.7 Å². The first kappa shape index (κ1) is 16.9. The predicted molar refractivity (Wildman–Crippen MR) is 91.3 cm³/mol. The van der Waals surface area contributed by atoms with Gasteiger partial charge in [-0.05, 0) is 28.7 Å². The van der Waals surface area contributed by atoms with Gasteiger partial charge in [-0.1, -0.05) is 36.4 Å². The van der Waals surface area contributed by atoms with Crippen LogP contribution >= 0.6 is 0 Å². The highest BCUT2D eigenvalue weighted by Crippen LogP contribution is 2.38. The third-order valence-electron chi connectivity index (χ3n) is 3.39. The molecule has 0 fully saturated rings. The summed E-state index contributed by atoms with van der Waals surface area (Å²) in [7, 11) is 3.25. The highest BCUT2D eigenvalue weighted by molar-refractivity contribution is 6.58. The summed E-state index contributed by atoms with van der Waals surface area (Å²) in [5, 5.41) is 18.2. The predicted octanol–water partition coefficient (Wildman–Crippen LogP) is 1.56. The van der Waals surface area contributed by atoms with Crippen LogP contribution < -0.4 is 19.7 Å². The zero-order valence-electron chi connectivity index (χ0n) is 13.3. The molecule has 120 valence electrons. The second kappa shape index (κ2) is 7.71. The van der Waals surface area contributed by atoms with E-state index in [-0.39, 0.29) is 0 Å². The molecule has 0 aliphatic carbocycles. The molecule has 0 bridgehead atoms. The van der Waals surface area contributed by atoms with Crippen LogP contribution in [0.2, 0.25) is 0 Å². The molecule has 0 heterocycles. The van der Waals surface area contributed by atoms with Gasteiger partial charge in [-0.2, -0.15) is 0 Å². The second-order valence-corrected chi connectivity index (χ2v) is 4.83. The van der Waals surface area contributed by atoms with Gasteiger partial charge < -0.3 is 24.3 Å². The van der Waals surface area contributed by atoms with Crippen LogP contribution in [-0.2, 0) is 0 Å². The van der Waals surface area contributed by atoms with Crippen molar-refractivity contribution in [2.24, 2.45) is 0 Å². The SMILES string of the molecule is COc1cc(/C=C\c2ccc(B(O)O)cc2)cc(OC)c1OC. The van der Waals surface area contributed by atoms with Gasteiger partial charge in [0.1, 0.15) is 0 Å². The Morgan fingerprint density at radius 3 is 1.74 bits per heavy atom. The van der Waals surface area contributed by atoms with E-state index in [9.17, 15) is 0 Å². The zero-order chi connectivity index (χ0) is 16.8. The first-order valence-corrected chi connectivity index (χ1v) is 7.03. The van der Waals surface area contributed by atoms with E-state index in [1.165, 1.54) is 0 Å². The molecule has 0 aromatic heterocycles. The van der Waals surface area contributed by atoms with Gasteiger partial charge in [-0.3, -0.25) is 0 Å². The van der Waals surface area contributed by atoms with Gasteiger partial charge in [0.05, 0.1) is 21.3 Å². The van der Waals surface area contributed by atoms with E-state index in [1.54, 1.807) is 33.5 Å². The third-order valence-corrected chi connectivity index (χ3v) is 3.39. The number of rotatable bonds is 6. The van der Waals surface area contributed by atoms with Crippen molar-refractivity contribution in [2.45, 2.75) is 0 Å². The summed E-state index contributed by atoms with van der Waals surface area (Å²) >= 11 is 0. The Morgan fingerprint density at radius 1 is 0.783 bits per heavy atom. The fourth-order valence-corrected chi connectivity index (χ4v) is 2.17. The maximum atomic E-state index is 9.09. The summed E-state index contributed by atoms with van der Waals surface area (Å²) in [6.45, 7) is 0. The maximum absolute atomic E-state index is 9.09. The Labute approximate surface area is 135 Å². The maximum Gasteiger partial charge on any atom is 0.488 e. The van der Waals surface area contributed by atoms with Crippen LogP contribution in [0.25, 0.3) is 12.2 Å². The molecule has 2 aromatic rings. The summed E-state index contributed by atoms with van der Waals surface area (Å²) in [4.78, 5) is 0. The molecule has 0 aliphatic rings. The Bertz CT molecular complexity index is 655. The van der Waals surface area contributed by atoms with Gasteiger partial charge in [0, 0.05) is 0 Å². The average Bonchev–Trinajstić information content (AvgIpc) is 2.59. The Hall–Kier alpha value is -2.44. The van der Waals surface area contributed by atoms with Crippen LogP contribution in [0.15, 0.2) is 36.4 Å². The lowest BCUT2D eigenvalue weighted by molar-refractivity contribution is 0.324. The van der Waals surface area contributed by atoms with Crippen LogP contribution in [-0.4, -0.2) is 38.5 Å². The van der Waals surface area contributed by atoms with Gasteiger partial charge in [0.2, 0.25) is 5.75 Å². The van der Waals surface area contributed by atoms with Gasteiger partial charge >= 0.3 is 7.12 Å². The van der Waals surface area contributed by atoms with Crippen molar-refractivity contribution < 1.29 is 24.3 Å². The normalized spacial score (nSPS) is 10.7. The Balaban J connectivity index is 2.28. The molecular weight excluding hydrogens is 295 g/mol. The molecule has 2 rings (SSSR count). The molecular formula is C17H19BO5. The fourth-order valence-electron chi connectivity index (χ4n) is 2.17. The lowest BCUT2D eigenvalue weighted by Crippen LogP contribution is -2.29. The minimum Gasteiger partial charge on any atom is -0.493 e. The molecule has 0 saturated heterocycles. The number of benzene rings is 2. The van der Waals surface area contributed by atoms with E-state index >= 15 is 0 Å². The topological polar surface area (TPSA) is 68.2 Å². The third kappa shape index (κ3) is 4.06. The molecule has 0 radical (unpaired) electrons. The molecule has 6 heteroatoms. The summed E-state index contributed by atoms with van der Waals surface area (Å²) in [6.07, 6.45) is 3.82. The van der Waals surface area contributed by atoms with Crippen molar-refractivity contribution in [1.29, 1.82) is 0 Å². The van der Waals surface area contributed by atoms with E-state index in [2.05, 4.69) is 0 Å². The first-order chi connectivity index (χ1) is 11.1. The largest absolute Gasteiger partial charge is 0.493 e. The molecule has 5 nitrogen and oxygen atoms in total. The minimum atomic E-state index is -1.46. The molecule has 0 amide bonds. The van der Waals surface area contributed by atoms with Gasteiger partial charge in [0.25, 0.3) is 0 Å². The van der Waals surface area contributed by atoms with E-state index in [4.69, 9.17) is 24.3 Å². The van der Waals surface area contributed by atoms with Crippen LogP contribution in [0.3, 0.4) is 0 Å². The lowest BCUT2D eigenvalue weighted by atomic mass is 9.80. The quantitative estimate of drug-likeness (QED) is 0.626. The smallest absolute Gasteiger partial charge is 0.488 e. The zero-order valence-corrected chi connectivity index (χ0v) is 13.3. The number of ether oxygens (including phenoxy) is 3. The number of hydrogen-bond donors (Lipinski definition) is 2. The molecule has 0 atom stereocenters. The van der Waals surface area contributed by atoms with Crippen LogP contribution in [0.4, 0.5) is 0 Å².